The zero-order valence-electron chi connectivity index (χ0n) is 19.7. The highest BCUT2D eigenvalue weighted by atomic mass is 16.5. The number of aromatic hydroxyl groups is 1. The van der Waals surface area contributed by atoms with E-state index in [0.29, 0.717) is 25.7 Å². The SMILES string of the molecule is COCCCN1C(=O)C2NNC(c3ccccc3O)C2C1c1cccc(OCCC(C)C)c1. The van der Waals surface area contributed by atoms with E-state index in [1.165, 1.54) is 0 Å². The van der Waals surface area contributed by atoms with Gasteiger partial charge in [-0.15, -0.1) is 0 Å². The first kappa shape index (κ1) is 23.5. The zero-order valence-corrected chi connectivity index (χ0v) is 19.7. The Bertz CT molecular complexity index is 951. The molecule has 2 aliphatic rings. The number of phenolic OH excluding ortho intramolecular Hbond substituents is 1. The summed E-state index contributed by atoms with van der Waals surface area (Å²) in [7, 11) is 1.68. The summed E-state index contributed by atoms with van der Waals surface area (Å²) in [6.45, 7) is 6.23. The van der Waals surface area contributed by atoms with E-state index in [1.54, 1.807) is 13.2 Å². The van der Waals surface area contributed by atoms with Gasteiger partial charge in [0.15, 0.2) is 0 Å². The van der Waals surface area contributed by atoms with Gasteiger partial charge in [0, 0.05) is 31.7 Å². The molecular formula is C26H35N3O4. The van der Waals surface area contributed by atoms with Gasteiger partial charge in [-0.05, 0) is 42.5 Å². The molecule has 4 atom stereocenters. The van der Waals surface area contributed by atoms with Gasteiger partial charge in [-0.1, -0.05) is 44.2 Å². The van der Waals surface area contributed by atoms with Crippen LogP contribution < -0.4 is 15.6 Å². The molecule has 2 aromatic carbocycles. The van der Waals surface area contributed by atoms with Crippen molar-refractivity contribution < 1.29 is 19.4 Å². The summed E-state index contributed by atoms with van der Waals surface area (Å²) in [5, 5.41) is 10.5. The van der Waals surface area contributed by atoms with E-state index in [1.807, 2.05) is 35.2 Å². The van der Waals surface area contributed by atoms with E-state index >= 15 is 0 Å². The van der Waals surface area contributed by atoms with Crippen LogP contribution in [0.2, 0.25) is 0 Å². The molecule has 2 saturated heterocycles. The minimum atomic E-state index is -0.368. The van der Waals surface area contributed by atoms with Gasteiger partial charge < -0.3 is 19.5 Å². The first-order valence-corrected chi connectivity index (χ1v) is 11.8. The maximum absolute atomic E-state index is 13.4. The highest BCUT2D eigenvalue weighted by molar-refractivity contribution is 5.86. The third kappa shape index (κ3) is 5.00. The van der Waals surface area contributed by atoms with Crippen molar-refractivity contribution in [3.63, 3.8) is 0 Å². The Morgan fingerprint density at radius 3 is 2.61 bits per heavy atom. The van der Waals surface area contributed by atoms with Crippen LogP contribution in [0.1, 0.15) is 49.9 Å². The lowest BCUT2D eigenvalue weighted by Crippen LogP contribution is -2.41. The molecule has 2 heterocycles. The maximum atomic E-state index is 13.4. The lowest BCUT2D eigenvalue weighted by atomic mass is 9.83. The van der Waals surface area contributed by atoms with Crippen LogP contribution in [0.4, 0.5) is 0 Å². The molecule has 0 saturated carbocycles. The molecule has 1 amide bonds. The van der Waals surface area contributed by atoms with Gasteiger partial charge in [-0.2, -0.15) is 0 Å². The minimum Gasteiger partial charge on any atom is -0.508 e. The number of phenols is 1. The van der Waals surface area contributed by atoms with Crippen LogP contribution in [0, 0.1) is 11.8 Å². The monoisotopic (exact) mass is 453 g/mol. The van der Waals surface area contributed by atoms with Crippen LogP contribution in [0.5, 0.6) is 11.5 Å². The fourth-order valence-electron chi connectivity index (χ4n) is 4.95. The van der Waals surface area contributed by atoms with Gasteiger partial charge in [0.25, 0.3) is 0 Å². The van der Waals surface area contributed by atoms with Gasteiger partial charge in [0.05, 0.1) is 18.7 Å². The number of amides is 1. The van der Waals surface area contributed by atoms with Gasteiger partial charge >= 0.3 is 0 Å². The summed E-state index contributed by atoms with van der Waals surface area (Å²) in [6.07, 6.45) is 1.75. The third-order valence-electron chi connectivity index (χ3n) is 6.60. The fraction of sp³-hybridized carbons (Fsp3) is 0.500. The van der Waals surface area contributed by atoms with Crippen molar-refractivity contribution in [1.82, 2.24) is 15.8 Å². The maximum Gasteiger partial charge on any atom is 0.242 e. The number of fused-ring (bicyclic) bond motifs is 1. The number of hydrazine groups is 1. The number of ether oxygens (including phenoxy) is 2. The van der Waals surface area contributed by atoms with Gasteiger partial charge in [-0.25, -0.2) is 10.9 Å². The van der Waals surface area contributed by atoms with Gasteiger partial charge in [0.1, 0.15) is 17.5 Å². The predicted molar refractivity (Wildman–Crippen MR) is 127 cm³/mol. The molecule has 7 heteroatoms. The molecule has 2 aliphatic heterocycles. The molecule has 2 aromatic rings. The van der Waals surface area contributed by atoms with Crippen LogP contribution in [-0.2, 0) is 9.53 Å². The van der Waals surface area contributed by atoms with E-state index in [2.05, 4.69) is 36.8 Å². The number of rotatable bonds is 10. The topological polar surface area (TPSA) is 83.1 Å². The molecule has 2 fully saturated rings. The Kier molecular flexibility index (Phi) is 7.53. The van der Waals surface area contributed by atoms with Gasteiger partial charge in [-0.3, -0.25) is 4.79 Å². The molecule has 178 valence electrons. The van der Waals surface area contributed by atoms with E-state index in [-0.39, 0.29) is 35.7 Å². The summed E-state index contributed by atoms with van der Waals surface area (Å²) >= 11 is 0. The Morgan fingerprint density at radius 1 is 1.06 bits per heavy atom. The Balaban J connectivity index is 1.66. The summed E-state index contributed by atoms with van der Waals surface area (Å²) in [6, 6.07) is 14.7. The quantitative estimate of drug-likeness (QED) is 0.477. The number of hydrogen-bond acceptors (Lipinski definition) is 6. The average Bonchev–Trinajstić information content (AvgIpc) is 3.33. The van der Waals surface area contributed by atoms with E-state index < -0.39 is 0 Å². The minimum absolute atomic E-state index is 0.0673. The normalized spacial score (nSPS) is 24.5. The summed E-state index contributed by atoms with van der Waals surface area (Å²) in [4.78, 5) is 15.4. The van der Waals surface area contributed by atoms with E-state index in [0.717, 1.165) is 29.7 Å². The van der Waals surface area contributed by atoms with Crippen molar-refractivity contribution >= 4 is 5.91 Å². The van der Waals surface area contributed by atoms with Crippen molar-refractivity contribution in [2.45, 2.75) is 44.8 Å². The predicted octanol–water partition coefficient (Wildman–Crippen LogP) is 3.57. The highest BCUT2D eigenvalue weighted by Gasteiger charge is 2.55. The lowest BCUT2D eigenvalue weighted by Gasteiger charge is -2.31. The van der Waals surface area contributed by atoms with E-state index in [9.17, 15) is 9.90 Å². The number of likely N-dealkylation sites (tertiary alicyclic amines) is 1. The highest BCUT2D eigenvalue weighted by Crippen LogP contribution is 2.48. The molecule has 4 rings (SSSR count). The molecule has 0 aromatic heterocycles. The van der Waals surface area contributed by atoms with Crippen LogP contribution in [0.15, 0.2) is 48.5 Å². The van der Waals surface area contributed by atoms with Gasteiger partial charge in [0.2, 0.25) is 5.91 Å². The van der Waals surface area contributed by atoms with Crippen molar-refractivity contribution in [2.75, 3.05) is 26.9 Å². The van der Waals surface area contributed by atoms with Crippen LogP contribution >= 0.6 is 0 Å². The van der Waals surface area contributed by atoms with Crippen LogP contribution in [-0.4, -0.2) is 48.8 Å². The number of nitrogens with one attached hydrogen (secondary N) is 2. The van der Waals surface area contributed by atoms with E-state index in [4.69, 9.17) is 9.47 Å². The summed E-state index contributed by atoms with van der Waals surface area (Å²) in [5.41, 5.74) is 8.33. The standard InChI is InChI=1S/C26H35N3O4/c1-17(2)12-15-33-19-9-6-8-18(16-19)25-22-23(20-10-4-5-11-21(20)30)27-28-24(22)26(31)29(25)13-7-14-32-3/h4-6,8-11,16-17,22-25,27-28,30H,7,12-15H2,1-3H3. The number of para-hydroxylation sites is 1. The molecule has 0 bridgehead atoms. The number of benzene rings is 2. The molecule has 0 aliphatic carbocycles. The molecule has 3 N–H and O–H groups in total. The molecule has 33 heavy (non-hydrogen) atoms. The molecule has 4 unspecified atom stereocenters. The van der Waals surface area contributed by atoms with Crippen molar-refractivity contribution in [3.05, 3.63) is 59.7 Å². The van der Waals surface area contributed by atoms with Crippen molar-refractivity contribution in [2.24, 2.45) is 11.8 Å². The summed E-state index contributed by atoms with van der Waals surface area (Å²) in [5.74, 6) is 1.61. The second-order valence-electron chi connectivity index (χ2n) is 9.31. The third-order valence-corrected chi connectivity index (χ3v) is 6.60. The van der Waals surface area contributed by atoms with Crippen molar-refractivity contribution in [1.29, 1.82) is 0 Å². The summed E-state index contributed by atoms with van der Waals surface area (Å²) < 4.78 is 11.3. The average molecular weight is 454 g/mol. The second-order valence-corrected chi connectivity index (χ2v) is 9.31. The number of carbonyl (C=O) groups is 1. The van der Waals surface area contributed by atoms with Crippen LogP contribution in [0.3, 0.4) is 0 Å². The first-order valence-electron chi connectivity index (χ1n) is 11.8. The molecular weight excluding hydrogens is 418 g/mol. The Morgan fingerprint density at radius 2 is 1.85 bits per heavy atom. The zero-order chi connectivity index (χ0) is 23.4. The fourth-order valence-corrected chi connectivity index (χ4v) is 4.95. The molecule has 7 nitrogen and oxygen atoms in total. The number of nitrogens with zero attached hydrogens (tertiary/aromatic N) is 1. The Labute approximate surface area is 196 Å². The molecule has 0 radical (unpaired) electrons. The lowest BCUT2D eigenvalue weighted by molar-refractivity contribution is -0.131. The smallest absolute Gasteiger partial charge is 0.242 e. The second kappa shape index (κ2) is 10.5. The number of methoxy groups -OCH3 is 1. The number of hydrogen-bond donors (Lipinski definition) is 3. The number of carbonyl (C=O) groups excluding carboxylic acids is 1. The van der Waals surface area contributed by atoms with Crippen molar-refractivity contribution in [3.8, 4) is 11.5 Å². The largest absolute Gasteiger partial charge is 0.508 e. The molecule has 0 spiro atoms. The van der Waals surface area contributed by atoms with Crippen LogP contribution in [0.25, 0.3) is 0 Å². The Hall–Kier alpha value is -2.61. The first-order chi connectivity index (χ1) is 16.0.